The zero-order chi connectivity index (χ0) is 11.8. The van der Waals surface area contributed by atoms with Crippen molar-refractivity contribution in [2.75, 3.05) is 0 Å². The van der Waals surface area contributed by atoms with Gasteiger partial charge in [0.05, 0.1) is 0 Å². The van der Waals surface area contributed by atoms with E-state index >= 15 is 0 Å². The molecule has 0 unspecified atom stereocenters. The van der Waals surface area contributed by atoms with E-state index in [9.17, 15) is 9.59 Å². The normalized spacial score (nSPS) is 14.8. The van der Waals surface area contributed by atoms with Crippen molar-refractivity contribution in [2.24, 2.45) is 0 Å². The molecule has 1 aliphatic carbocycles. The minimum Gasteiger partial charge on any atom is -0.310 e. The topological polar surface area (TPSA) is 67.8 Å². The van der Waals surface area contributed by atoms with Gasteiger partial charge in [-0.25, -0.2) is 4.98 Å². The standard InChI is InChI=1S/C12H11N3O2/c16-10-7-9(13-12(14-10)8-4-5-8)15-6-2-1-3-11(15)17/h1-3,6-8H,4-5H2,(H,13,14,16). The second-order valence-electron chi connectivity index (χ2n) is 4.17. The lowest BCUT2D eigenvalue weighted by molar-refractivity contribution is 0.848. The molecule has 0 bridgehead atoms. The zero-order valence-electron chi connectivity index (χ0n) is 9.09. The van der Waals surface area contributed by atoms with Crippen molar-refractivity contribution in [3.8, 4) is 5.82 Å². The van der Waals surface area contributed by atoms with Gasteiger partial charge >= 0.3 is 0 Å². The number of nitrogens with zero attached hydrogens (tertiary/aromatic N) is 2. The van der Waals surface area contributed by atoms with E-state index in [0.29, 0.717) is 17.6 Å². The van der Waals surface area contributed by atoms with Gasteiger partial charge in [0.25, 0.3) is 11.1 Å². The highest BCUT2D eigenvalue weighted by atomic mass is 16.1. The first-order valence-electron chi connectivity index (χ1n) is 5.53. The molecular weight excluding hydrogens is 218 g/mol. The molecule has 1 aliphatic rings. The van der Waals surface area contributed by atoms with Crippen LogP contribution in [0.4, 0.5) is 0 Å². The zero-order valence-corrected chi connectivity index (χ0v) is 9.09. The largest absolute Gasteiger partial charge is 0.310 e. The van der Waals surface area contributed by atoms with E-state index < -0.39 is 0 Å². The van der Waals surface area contributed by atoms with Gasteiger partial charge in [-0.15, -0.1) is 0 Å². The average molecular weight is 229 g/mol. The van der Waals surface area contributed by atoms with Crippen LogP contribution in [0.25, 0.3) is 5.82 Å². The monoisotopic (exact) mass is 229 g/mol. The Kier molecular flexibility index (Phi) is 2.18. The summed E-state index contributed by atoms with van der Waals surface area (Å²) in [5.74, 6) is 1.42. The lowest BCUT2D eigenvalue weighted by atomic mass is 10.4. The highest BCUT2D eigenvalue weighted by molar-refractivity contribution is 5.23. The van der Waals surface area contributed by atoms with Crippen LogP contribution in [0.15, 0.2) is 40.1 Å². The van der Waals surface area contributed by atoms with Gasteiger partial charge in [-0.1, -0.05) is 6.07 Å². The fraction of sp³-hybridized carbons (Fsp3) is 0.250. The molecule has 2 aromatic heterocycles. The molecule has 5 nitrogen and oxygen atoms in total. The highest BCUT2D eigenvalue weighted by Gasteiger charge is 2.26. The maximum absolute atomic E-state index is 11.6. The van der Waals surface area contributed by atoms with Crippen LogP contribution < -0.4 is 11.1 Å². The van der Waals surface area contributed by atoms with Crippen LogP contribution >= 0.6 is 0 Å². The van der Waals surface area contributed by atoms with E-state index in [-0.39, 0.29) is 11.1 Å². The molecule has 5 heteroatoms. The van der Waals surface area contributed by atoms with Crippen LogP contribution in [-0.4, -0.2) is 14.5 Å². The second-order valence-corrected chi connectivity index (χ2v) is 4.17. The van der Waals surface area contributed by atoms with E-state index in [4.69, 9.17) is 0 Å². The number of pyridine rings is 1. The van der Waals surface area contributed by atoms with Gasteiger partial charge in [0.2, 0.25) is 0 Å². The molecule has 0 radical (unpaired) electrons. The quantitative estimate of drug-likeness (QED) is 0.828. The first-order valence-corrected chi connectivity index (χ1v) is 5.53. The van der Waals surface area contributed by atoms with Crippen LogP contribution in [0.5, 0.6) is 0 Å². The Hall–Kier alpha value is -2.17. The maximum Gasteiger partial charge on any atom is 0.256 e. The summed E-state index contributed by atoms with van der Waals surface area (Å²) in [5.41, 5.74) is -0.403. The molecular formula is C12H11N3O2. The molecule has 86 valence electrons. The summed E-state index contributed by atoms with van der Waals surface area (Å²) < 4.78 is 1.38. The van der Waals surface area contributed by atoms with Gasteiger partial charge in [0.15, 0.2) is 0 Å². The fourth-order valence-electron chi connectivity index (χ4n) is 1.75. The van der Waals surface area contributed by atoms with E-state index in [1.807, 2.05) is 0 Å². The molecule has 1 N–H and O–H groups in total. The first-order chi connectivity index (χ1) is 8.24. The Balaban J connectivity index is 2.17. The SMILES string of the molecule is O=c1cc(-n2ccccc2=O)nc(C2CC2)[nH]1. The van der Waals surface area contributed by atoms with Crippen LogP contribution in [-0.2, 0) is 0 Å². The summed E-state index contributed by atoms with van der Waals surface area (Å²) in [7, 11) is 0. The molecule has 0 aromatic carbocycles. The van der Waals surface area contributed by atoms with Gasteiger partial charge in [-0.3, -0.25) is 14.2 Å². The summed E-state index contributed by atoms with van der Waals surface area (Å²) in [6.45, 7) is 0. The molecule has 2 heterocycles. The van der Waals surface area contributed by atoms with Crippen LogP contribution in [0.3, 0.4) is 0 Å². The van der Waals surface area contributed by atoms with Crippen molar-refractivity contribution in [3.63, 3.8) is 0 Å². The predicted molar refractivity (Wildman–Crippen MR) is 62.4 cm³/mol. The molecule has 0 amide bonds. The van der Waals surface area contributed by atoms with Crippen molar-refractivity contribution >= 4 is 0 Å². The summed E-state index contributed by atoms with van der Waals surface area (Å²) in [6.07, 6.45) is 3.72. The molecule has 17 heavy (non-hydrogen) atoms. The first kappa shape index (κ1) is 10.0. The Morgan fingerprint density at radius 3 is 2.82 bits per heavy atom. The molecule has 3 rings (SSSR count). The Morgan fingerprint density at radius 2 is 2.12 bits per heavy atom. The van der Waals surface area contributed by atoms with Gasteiger partial charge < -0.3 is 4.98 Å². The average Bonchev–Trinajstić information content (AvgIpc) is 3.12. The van der Waals surface area contributed by atoms with Crippen molar-refractivity contribution in [1.29, 1.82) is 0 Å². The minimum absolute atomic E-state index is 0.188. The van der Waals surface area contributed by atoms with Gasteiger partial charge in [-0.2, -0.15) is 0 Å². The molecule has 0 spiro atoms. The molecule has 1 fully saturated rings. The third-order valence-electron chi connectivity index (χ3n) is 2.78. The minimum atomic E-state index is -0.215. The summed E-state index contributed by atoms with van der Waals surface area (Å²) in [6, 6.07) is 6.18. The highest BCUT2D eigenvalue weighted by Crippen LogP contribution is 2.37. The Labute approximate surface area is 96.8 Å². The maximum atomic E-state index is 11.6. The lowest BCUT2D eigenvalue weighted by Crippen LogP contribution is -2.21. The number of nitrogens with one attached hydrogen (secondary N) is 1. The van der Waals surface area contributed by atoms with Crippen molar-refractivity contribution in [2.45, 2.75) is 18.8 Å². The number of aromatic nitrogens is 3. The number of rotatable bonds is 2. The number of hydrogen-bond donors (Lipinski definition) is 1. The van der Waals surface area contributed by atoms with Gasteiger partial charge in [0, 0.05) is 24.2 Å². The summed E-state index contributed by atoms with van der Waals surface area (Å²) in [5, 5.41) is 0. The third kappa shape index (κ3) is 1.91. The van der Waals surface area contributed by atoms with Crippen LogP contribution in [0, 0.1) is 0 Å². The van der Waals surface area contributed by atoms with Crippen molar-refractivity contribution in [1.82, 2.24) is 14.5 Å². The number of aromatic amines is 1. The number of H-pyrrole nitrogens is 1. The van der Waals surface area contributed by atoms with Crippen molar-refractivity contribution in [3.05, 3.63) is 57.0 Å². The number of hydrogen-bond acceptors (Lipinski definition) is 3. The molecule has 1 saturated carbocycles. The van der Waals surface area contributed by atoms with E-state index in [1.54, 1.807) is 18.3 Å². The second kappa shape index (κ2) is 3.69. The molecule has 0 saturated heterocycles. The molecule has 0 aliphatic heterocycles. The lowest BCUT2D eigenvalue weighted by Gasteiger charge is -2.05. The fourth-order valence-corrected chi connectivity index (χ4v) is 1.75. The summed E-state index contributed by atoms with van der Waals surface area (Å²) >= 11 is 0. The van der Waals surface area contributed by atoms with Gasteiger partial charge in [-0.05, 0) is 18.9 Å². The van der Waals surface area contributed by atoms with Gasteiger partial charge in [0.1, 0.15) is 11.6 Å². The van der Waals surface area contributed by atoms with Crippen LogP contribution in [0.2, 0.25) is 0 Å². The summed E-state index contributed by atoms with van der Waals surface area (Å²) in [4.78, 5) is 30.2. The van der Waals surface area contributed by atoms with E-state index in [1.165, 1.54) is 16.7 Å². The molecule has 2 aromatic rings. The Bertz CT molecular complexity index is 668. The third-order valence-corrected chi connectivity index (χ3v) is 2.78. The van der Waals surface area contributed by atoms with Crippen LogP contribution in [0.1, 0.15) is 24.6 Å². The van der Waals surface area contributed by atoms with Crippen molar-refractivity contribution < 1.29 is 0 Å². The smallest absolute Gasteiger partial charge is 0.256 e. The predicted octanol–water partition coefficient (Wildman–Crippen LogP) is 0.798. The van der Waals surface area contributed by atoms with E-state index in [0.717, 1.165) is 12.8 Å². The Morgan fingerprint density at radius 1 is 1.29 bits per heavy atom. The molecule has 0 atom stereocenters. The van der Waals surface area contributed by atoms with E-state index in [2.05, 4.69) is 9.97 Å².